The monoisotopic (exact) mass is 224 g/mol. The second-order valence-corrected chi connectivity index (χ2v) is 4.61. The van der Waals surface area contributed by atoms with Gasteiger partial charge in [-0.25, -0.2) is 4.98 Å². The summed E-state index contributed by atoms with van der Waals surface area (Å²) in [6, 6.07) is 3.91. The van der Waals surface area contributed by atoms with E-state index in [1.807, 2.05) is 12.1 Å². The van der Waals surface area contributed by atoms with Crippen molar-refractivity contribution < 1.29 is 0 Å². The highest BCUT2D eigenvalue weighted by Crippen LogP contribution is 2.28. The molecule has 2 nitrogen and oxygen atoms in total. The van der Waals surface area contributed by atoms with E-state index in [-0.39, 0.29) is 0 Å². The van der Waals surface area contributed by atoms with Crippen molar-refractivity contribution in [2.45, 2.75) is 26.2 Å². The minimum Gasteiger partial charge on any atom is -0.357 e. The van der Waals surface area contributed by atoms with E-state index in [1.54, 1.807) is 6.20 Å². The van der Waals surface area contributed by atoms with Gasteiger partial charge in [-0.1, -0.05) is 18.0 Å². The molecular formula is C12H17ClN2. The molecule has 0 N–H and O–H groups in total. The molecule has 1 aromatic rings. The fraction of sp³-hybridized carbons (Fsp3) is 0.583. The summed E-state index contributed by atoms with van der Waals surface area (Å²) in [6.07, 6.45) is 5.88. The average Bonchev–Trinajstić information content (AvgIpc) is 2.19. The third-order valence-corrected chi connectivity index (χ3v) is 3.34. The smallest absolute Gasteiger partial charge is 0.128 e. The molecule has 15 heavy (non-hydrogen) atoms. The fourth-order valence-corrected chi connectivity index (χ4v) is 2.04. The maximum Gasteiger partial charge on any atom is 0.128 e. The normalized spacial score (nSPS) is 16.1. The number of hydrogen-bond acceptors (Lipinski definition) is 2. The van der Waals surface area contributed by atoms with Crippen molar-refractivity contribution in [1.82, 2.24) is 4.98 Å². The Bertz CT molecular complexity index is 306. The van der Waals surface area contributed by atoms with Crippen LogP contribution in [0.3, 0.4) is 0 Å². The first-order valence-electron chi connectivity index (χ1n) is 5.66. The third kappa shape index (κ3) is 2.63. The number of pyridine rings is 1. The summed E-state index contributed by atoms with van der Waals surface area (Å²) >= 11 is 5.82. The quantitative estimate of drug-likeness (QED) is 0.780. The van der Waals surface area contributed by atoms with E-state index in [9.17, 15) is 0 Å². The van der Waals surface area contributed by atoms with Crippen molar-refractivity contribution in [2.24, 2.45) is 5.92 Å². The molecule has 82 valence electrons. The van der Waals surface area contributed by atoms with Gasteiger partial charge in [0.1, 0.15) is 5.82 Å². The third-order valence-electron chi connectivity index (χ3n) is 3.12. The average molecular weight is 225 g/mol. The van der Waals surface area contributed by atoms with E-state index in [4.69, 9.17) is 11.6 Å². The zero-order valence-corrected chi connectivity index (χ0v) is 9.87. The van der Waals surface area contributed by atoms with Crippen molar-refractivity contribution in [1.29, 1.82) is 0 Å². The largest absolute Gasteiger partial charge is 0.357 e. The Morgan fingerprint density at radius 1 is 1.47 bits per heavy atom. The Morgan fingerprint density at radius 2 is 2.27 bits per heavy atom. The highest BCUT2D eigenvalue weighted by Gasteiger charge is 2.20. The number of aromatic nitrogens is 1. The van der Waals surface area contributed by atoms with Crippen LogP contribution in [0.2, 0.25) is 5.02 Å². The minimum absolute atomic E-state index is 0.707. The van der Waals surface area contributed by atoms with Crippen LogP contribution in [0.4, 0.5) is 5.82 Å². The molecule has 1 heterocycles. The summed E-state index contributed by atoms with van der Waals surface area (Å²) < 4.78 is 0. The molecule has 2 rings (SSSR count). The number of rotatable bonds is 4. The van der Waals surface area contributed by atoms with Gasteiger partial charge < -0.3 is 4.90 Å². The van der Waals surface area contributed by atoms with Gasteiger partial charge in [-0.05, 0) is 37.8 Å². The van der Waals surface area contributed by atoms with E-state index >= 15 is 0 Å². The van der Waals surface area contributed by atoms with Crippen molar-refractivity contribution in [3.05, 3.63) is 23.4 Å². The molecular weight excluding hydrogens is 208 g/mol. The number of nitrogens with zero attached hydrogens (tertiary/aromatic N) is 2. The molecule has 1 fully saturated rings. The molecule has 1 saturated carbocycles. The van der Waals surface area contributed by atoms with E-state index < -0.39 is 0 Å². The Balaban J connectivity index is 2.01. The van der Waals surface area contributed by atoms with Gasteiger partial charge >= 0.3 is 0 Å². The lowest BCUT2D eigenvalue weighted by molar-refractivity contribution is 0.318. The van der Waals surface area contributed by atoms with Crippen molar-refractivity contribution in [2.75, 3.05) is 18.0 Å². The first-order valence-corrected chi connectivity index (χ1v) is 6.04. The van der Waals surface area contributed by atoms with E-state index in [2.05, 4.69) is 16.8 Å². The topological polar surface area (TPSA) is 16.1 Å². The minimum atomic E-state index is 0.707. The van der Waals surface area contributed by atoms with Gasteiger partial charge in [-0.3, -0.25) is 0 Å². The van der Waals surface area contributed by atoms with Gasteiger partial charge in [0.25, 0.3) is 0 Å². The Morgan fingerprint density at radius 3 is 2.73 bits per heavy atom. The summed E-state index contributed by atoms with van der Waals surface area (Å²) in [5, 5.41) is 0.707. The van der Waals surface area contributed by atoms with Crippen LogP contribution in [0.15, 0.2) is 18.3 Å². The van der Waals surface area contributed by atoms with Gasteiger partial charge in [0.15, 0.2) is 0 Å². The Hall–Kier alpha value is -0.760. The number of hydrogen-bond donors (Lipinski definition) is 0. The Kier molecular flexibility index (Phi) is 3.47. The van der Waals surface area contributed by atoms with Crippen LogP contribution in [-0.2, 0) is 0 Å². The van der Waals surface area contributed by atoms with E-state index in [0.717, 1.165) is 24.8 Å². The van der Waals surface area contributed by atoms with Crippen LogP contribution in [-0.4, -0.2) is 18.1 Å². The second kappa shape index (κ2) is 4.84. The lowest BCUT2D eigenvalue weighted by Gasteiger charge is -2.32. The molecule has 0 bridgehead atoms. The molecule has 0 radical (unpaired) electrons. The molecule has 0 spiro atoms. The first kappa shape index (κ1) is 10.7. The predicted octanol–water partition coefficient (Wildman–Crippen LogP) is 3.36. The van der Waals surface area contributed by atoms with Gasteiger partial charge in [-0.15, -0.1) is 0 Å². The van der Waals surface area contributed by atoms with Crippen LogP contribution in [0, 0.1) is 5.92 Å². The summed E-state index contributed by atoms with van der Waals surface area (Å²) in [6.45, 7) is 4.34. The summed E-state index contributed by atoms with van der Waals surface area (Å²) in [4.78, 5) is 6.69. The van der Waals surface area contributed by atoms with E-state index in [0.29, 0.717) is 5.02 Å². The van der Waals surface area contributed by atoms with E-state index in [1.165, 1.54) is 19.3 Å². The molecule has 0 aromatic carbocycles. The summed E-state index contributed by atoms with van der Waals surface area (Å²) in [5.74, 6) is 1.93. The zero-order chi connectivity index (χ0) is 10.7. The van der Waals surface area contributed by atoms with Crippen molar-refractivity contribution >= 4 is 17.4 Å². The van der Waals surface area contributed by atoms with Gasteiger partial charge in [0, 0.05) is 19.3 Å². The second-order valence-electron chi connectivity index (χ2n) is 4.17. The van der Waals surface area contributed by atoms with Crippen LogP contribution in [0.1, 0.15) is 26.2 Å². The van der Waals surface area contributed by atoms with Crippen LogP contribution < -0.4 is 4.90 Å². The highest BCUT2D eigenvalue weighted by atomic mass is 35.5. The first-order chi connectivity index (χ1) is 7.29. The fourth-order valence-electron chi connectivity index (χ4n) is 1.93. The number of halogens is 1. The van der Waals surface area contributed by atoms with Crippen LogP contribution in [0.5, 0.6) is 0 Å². The van der Waals surface area contributed by atoms with Crippen LogP contribution in [0.25, 0.3) is 0 Å². The molecule has 0 amide bonds. The summed E-state index contributed by atoms with van der Waals surface area (Å²) in [5.41, 5.74) is 0. The highest BCUT2D eigenvalue weighted by molar-refractivity contribution is 6.30. The molecule has 0 atom stereocenters. The van der Waals surface area contributed by atoms with Gasteiger partial charge in [-0.2, -0.15) is 0 Å². The number of anilines is 1. The molecule has 1 aliphatic carbocycles. The predicted molar refractivity (Wildman–Crippen MR) is 64.5 cm³/mol. The van der Waals surface area contributed by atoms with Crippen molar-refractivity contribution in [3.63, 3.8) is 0 Å². The lowest BCUT2D eigenvalue weighted by atomic mass is 9.85. The molecule has 3 heteroatoms. The van der Waals surface area contributed by atoms with Gasteiger partial charge in [0.2, 0.25) is 0 Å². The maximum absolute atomic E-state index is 5.82. The molecule has 1 aromatic heterocycles. The molecule has 0 unspecified atom stereocenters. The standard InChI is InChI=1S/C12H17ClN2/c1-2-15(9-10-4-3-5-10)12-7-6-11(13)8-14-12/h6-8,10H,2-5,9H2,1H3. The van der Waals surface area contributed by atoms with Crippen molar-refractivity contribution in [3.8, 4) is 0 Å². The van der Waals surface area contributed by atoms with Crippen LogP contribution >= 0.6 is 11.6 Å². The lowest BCUT2D eigenvalue weighted by Crippen LogP contribution is -2.32. The maximum atomic E-state index is 5.82. The van der Waals surface area contributed by atoms with Gasteiger partial charge in [0.05, 0.1) is 5.02 Å². The molecule has 1 aliphatic rings. The SMILES string of the molecule is CCN(CC1CCC1)c1ccc(Cl)cn1. The zero-order valence-electron chi connectivity index (χ0n) is 9.12. The molecule has 0 aliphatic heterocycles. The summed E-state index contributed by atoms with van der Waals surface area (Å²) in [7, 11) is 0. The Labute approximate surface area is 96.3 Å². The molecule has 0 saturated heterocycles.